The number of sulfonamides is 1. The third-order valence-corrected chi connectivity index (χ3v) is 5.17. The number of nitrogens with zero attached hydrogens (tertiary/aromatic N) is 1. The Morgan fingerprint density at radius 3 is 2.57 bits per heavy atom. The number of hydrogen-bond acceptors (Lipinski definition) is 3. The molecule has 0 atom stereocenters. The first-order valence-electron chi connectivity index (χ1n) is 6.00. The average Bonchev–Trinajstić information content (AvgIpc) is 2.46. The summed E-state index contributed by atoms with van der Waals surface area (Å²) in [6.45, 7) is -0.369. The molecule has 2 aromatic rings. The first-order chi connectivity index (χ1) is 9.86. The van der Waals surface area contributed by atoms with Gasteiger partial charge in [0.2, 0.25) is 0 Å². The highest BCUT2D eigenvalue weighted by molar-refractivity contribution is 7.92. The highest BCUT2D eigenvalue weighted by atomic mass is 35.5. The van der Waals surface area contributed by atoms with Crippen molar-refractivity contribution < 1.29 is 17.9 Å². The van der Waals surface area contributed by atoms with E-state index in [-0.39, 0.29) is 22.2 Å². The molecule has 0 fully saturated rings. The molecule has 0 bridgehead atoms. The lowest BCUT2D eigenvalue weighted by atomic mass is 10.2. The number of anilines is 1. The molecule has 112 valence electrons. The summed E-state index contributed by atoms with van der Waals surface area (Å²) in [5.41, 5.74) is 0.515. The molecule has 0 aliphatic carbocycles. The van der Waals surface area contributed by atoms with E-state index in [4.69, 9.17) is 16.7 Å². The van der Waals surface area contributed by atoms with Crippen LogP contribution >= 0.6 is 11.6 Å². The summed E-state index contributed by atoms with van der Waals surface area (Å²) in [5.74, 6) is -0.526. The zero-order chi connectivity index (χ0) is 15.6. The Hall–Kier alpha value is -1.63. The second-order valence-corrected chi connectivity index (χ2v) is 6.74. The van der Waals surface area contributed by atoms with E-state index in [0.29, 0.717) is 5.56 Å². The molecule has 0 amide bonds. The molecule has 0 unspecified atom stereocenters. The Morgan fingerprint density at radius 1 is 1.24 bits per heavy atom. The van der Waals surface area contributed by atoms with Crippen molar-refractivity contribution in [2.24, 2.45) is 0 Å². The summed E-state index contributed by atoms with van der Waals surface area (Å²) in [5, 5.41) is 9.44. The fraction of sp³-hybridized carbons (Fsp3) is 0.143. The predicted molar refractivity (Wildman–Crippen MR) is 79.4 cm³/mol. The first kappa shape index (κ1) is 15.8. The van der Waals surface area contributed by atoms with Crippen molar-refractivity contribution >= 4 is 27.3 Å². The van der Waals surface area contributed by atoms with Gasteiger partial charge >= 0.3 is 0 Å². The largest absolute Gasteiger partial charge is 0.392 e. The normalized spacial score (nSPS) is 11.4. The maximum absolute atomic E-state index is 13.2. The Balaban J connectivity index is 2.46. The van der Waals surface area contributed by atoms with Gasteiger partial charge in [0.05, 0.1) is 17.2 Å². The van der Waals surface area contributed by atoms with Crippen molar-refractivity contribution in [2.45, 2.75) is 11.5 Å². The van der Waals surface area contributed by atoms with Gasteiger partial charge in [0, 0.05) is 12.1 Å². The standard InChI is InChI=1S/C14H13ClFNO3S/c1-17(12-4-2-3-11(16)8-12)21(19,20)13-5-6-14(15)10(7-13)9-18/h2-8,18H,9H2,1H3. The molecule has 2 aromatic carbocycles. The van der Waals surface area contributed by atoms with Crippen LogP contribution in [0.3, 0.4) is 0 Å². The Bertz CT molecular complexity index is 765. The van der Waals surface area contributed by atoms with Gasteiger partial charge < -0.3 is 5.11 Å². The van der Waals surface area contributed by atoms with Crippen LogP contribution in [0.25, 0.3) is 0 Å². The highest BCUT2D eigenvalue weighted by Gasteiger charge is 2.22. The van der Waals surface area contributed by atoms with Crippen molar-refractivity contribution in [3.05, 3.63) is 58.9 Å². The Labute approximate surface area is 127 Å². The predicted octanol–water partition coefficient (Wildman–Crippen LogP) is 2.80. The molecule has 0 aliphatic rings. The molecular formula is C14H13ClFNO3S. The number of benzene rings is 2. The Kier molecular flexibility index (Phi) is 4.51. The van der Waals surface area contributed by atoms with E-state index in [1.165, 1.54) is 43.4 Å². The minimum absolute atomic E-state index is 0.0253. The van der Waals surface area contributed by atoms with E-state index in [0.717, 1.165) is 10.4 Å². The molecule has 0 aliphatic heterocycles. The zero-order valence-corrected chi connectivity index (χ0v) is 12.7. The van der Waals surface area contributed by atoms with Crippen LogP contribution < -0.4 is 4.31 Å². The molecule has 21 heavy (non-hydrogen) atoms. The van der Waals surface area contributed by atoms with E-state index in [9.17, 15) is 12.8 Å². The van der Waals surface area contributed by atoms with Gasteiger partial charge in [0.15, 0.2) is 0 Å². The molecule has 0 saturated heterocycles. The first-order valence-corrected chi connectivity index (χ1v) is 7.82. The van der Waals surface area contributed by atoms with Crippen LogP contribution in [0.15, 0.2) is 47.4 Å². The third kappa shape index (κ3) is 3.18. The van der Waals surface area contributed by atoms with Crippen molar-refractivity contribution in [3.8, 4) is 0 Å². The molecule has 4 nitrogen and oxygen atoms in total. The van der Waals surface area contributed by atoms with Crippen LogP contribution in [0.2, 0.25) is 5.02 Å². The quantitative estimate of drug-likeness (QED) is 0.938. The third-order valence-electron chi connectivity index (χ3n) is 3.02. The van der Waals surface area contributed by atoms with Gasteiger partial charge in [0.1, 0.15) is 5.82 Å². The van der Waals surface area contributed by atoms with Gasteiger partial charge in [-0.2, -0.15) is 0 Å². The second kappa shape index (κ2) is 6.01. The molecule has 0 spiro atoms. The number of hydrogen-bond donors (Lipinski definition) is 1. The second-order valence-electron chi connectivity index (χ2n) is 4.36. The molecular weight excluding hydrogens is 317 g/mol. The summed E-state index contributed by atoms with van der Waals surface area (Å²) >= 11 is 5.85. The van der Waals surface area contributed by atoms with Crippen molar-refractivity contribution in [3.63, 3.8) is 0 Å². The molecule has 0 heterocycles. The average molecular weight is 330 g/mol. The van der Waals surface area contributed by atoms with E-state index in [1.54, 1.807) is 0 Å². The molecule has 7 heteroatoms. The summed E-state index contributed by atoms with van der Waals surface area (Å²) < 4.78 is 39.2. The maximum Gasteiger partial charge on any atom is 0.264 e. The Morgan fingerprint density at radius 2 is 1.95 bits per heavy atom. The lowest BCUT2D eigenvalue weighted by Crippen LogP contribution is -2.26. The van der Waals surface area contributed by atoms with Crippen LogP contribution in [0.1, 0.15) is 5.56 Å². The number of aliphatic hydroxyl groups is 1. The fourth-order valence-corrected chi connectivity index (χ4v) is 3.22. The molecule has 0 radical (unpaired) electrons. The fourth-order valence-electron chi connectivity index (χ4n) is 1.80. The van der Waals surface area contributed by atoms with Gasteiger partial charge in [-0.25, -0.2) is 12.8 Å². The topological polar surface area (TPSA) is 57.6 Å². The van der Waals surface area contributed by atoms with Gasteiger partial charge in [-0.05, 0) is 42.0 Å². The van der Waals surface area contributed by atoms with Gasteiger partial charge in [-0.15, -0.1) is 0 Å². The highest BCUT2D eigenvalue weighted by Crippen LogP contribution is 2.26. The molecule has 0 aromatic heterocycles. The van der Waals surface area contributed by atoms with Crippen LogP contribution in [0, 0.1) is 5.82 Å². The smallest absolute Gasteiger partial charge is 0.264 e. The minimum Gasteiger partial charge on any atom is -0.392 e. The molecule has 0 saturated carbocycles. The van der Waals surface area contributed by atoms with E-state index in [2.05, 4.69) is 0 Å². The number of aliphatic hydroxyl groups excluding tert-OH is 1. The van der Waals surface area contributed by atoms with E-state index in [1.807, 2.05) is 0 Å². The van der Waals surface area contributed by atoms with E-state index >= 15 is 0 Å². The summed E-state index contributed by atoms with van der Waals surface area (Å²) in [6.07, 6.45) is 0. The zero-order valence-electron chi connectivity index (χ0n) is 11.1. The monoisotopic (exact) mass is 329 g/mol. The van der Waals surface area contributed by atoms with Crippen LogP contribution in [0.4, 0.5) is 10.1 Å². The van der Waals surface area contributed by atoms with Gasteiger partial charge in [0.25, 0.3) is 10.0 Å². The van der Waals surface area contributed by atoms with Gasteiger partial charge in [-0.1, -0.05) is 17.7 Å². The lowest BCUT2D eigenvalue weighted by Gasteiger charge is -2.20. The van der Waals surface area contributed by atoms with Crippen LogP contribution in [-0.4, -0.2) is 20.6 Å². The molecule has 1 N–H and O–H groups in total. The van der Waals surface area contributed by atoms with E-state index < -0.39 is 15.8 Å². The summed E-state index contributed by atoms with van der Waals surface area (Å²) in [6, 6.07) is 9.32. The maximum atomic E-state index is 13.2. The van der Waals surface area contributed by atoms with Crippen LogP contribution in [-0.2, 0) is 16.6 Å². The summed E-state index contributed by atoms with van der Waals surface area (Å²) in [7, 11) is -2.53. The lowest BCUT2D eigenvalue weighted by molar-refractivity contribution is 0.281. The van der Waals surface area contributed by atoms with Crippen molar-refractivity contribution in [2.75, 3.05) is 11.4 Å². The summed E-state index contributed by atoms with van der Waals surface area (Å²) in [4.78, 5) is -0.0253. The molecule has 2 rings (SSSR count). The number of halogens is 2. The van der Waals surface area contributed by atoms with Gasteiger partial charge in [-0.3, -0.25) is 4.31 Å². The SMILES string of the molecule is CN(c1cccc(F)c1)S(=O)(=O)c1ccc(Cl)c(CO)c1. The van der Waals surface area contributed by atoms with Crippen molar-refractivity contribution in [1.82, 2.24) is 0 Å². The number of rotatable bonds is 4. The minimum atomic E-state index is -3.86. The van der Waals surface area contributed by atoms with Crippen LogP contribution in [0.5, 0.6) is 0 Å². The van der Waals surface area contributed by atoms with Crippen molar-refractivity contribution in [1.29, 1.82) is 0 Å².